The Morgan fingerprint density at radius 2 is 1.71 bits per heavy atom. The second-order valence-electron chi connectivity index (χ2n) is 3.69. The zero-order valence-corrected chi connectivity index (χ0v) is 8.96. The quantitative estimate of drug-likeness (QED) is 0.724. The summed E-state index contributed by atoms with van der Waals surface area (Å²) in [7, 11) is 0. The monoisotopic (exact) mass is 190 g/mol. The van der Waals surface area contributed by atoms with Crippen molar-refractivity contribution in [2.75, 3.05) is 6.61 Å². The van der Waals surface area contributed by atoms with Crippen molar-refractivity contribution in [2.24, 2.45) is 0 Å². The molecule has 1 aromatic carbocycles. The first-order valence-corrected chi connectivity index (χ1v) is 5.05. The summed E-state index contributed by atoms with van der Waals surface area (Å²) in [6.07, 6.45) is 5.88. The Balaban J connectivity index is 2.54. The van der Waals surface area contributed by atoms with Gasteiger partial charge in [0.1, 0.15) is 0 Å². The van der Waals surface area contributed by atoms with E-state index < -0.39 is 0 Å². The van der Waals surface area contributed by atoms with E-state index in [1.54, 1.807) is 6.08 Å². The van der Waals surface area contributed by atoms with Crippen molar-refractivity contribution in [1.29, 1.82) is 0 Å². The number of aryl methyl sites for hydroxylation is 3. The van der Waals surface area contributed by atoms with Crippen molar-refractivity contribution in [3.05, 3.63) is 47.0 Å². The maximum atomic E-state index is 8.56. The van der Waals surface area contributed by atoms with E-state index >= 15 is 0 Å². The second kappa shape index (κ2) is 5.61. The molecule has 0 amide bonds. The SMILES string of the molecule is Cc1cc(C)cc(CCC=CCO)c1. The topological polar surface area (TPSA) is 20.2 Å². The minimum Gasteiger partial charge on any atom is -0.392 e. The molecule has 0 aliphatic carbocycles. The fraction of sp³-hybridized carbons (Fsp3) is 0.385. The standard InChI is InChI=1S/C13H18O/c1-11-8-12(2)10-13(9-11)6-4-3-5-7-14/h3,5,8-10,14H,4,6-7H2,1-2H3. The molecule has 0 radical (unpaired) electrons. The van der Waals surface area contributed by atoms with Crippen LogP contribution in [0.1, 0.15) is 23.1 Å². The molecule has 0 aliphatic heterocycles. The first-order valence-electron chi connectivity index (χ1n) is 5.05. The van der Waals surface area contributed by atoms with Crippen molar-refractivity contribution < 1.29 is 5.11 Å². The molecule has 76 valence electrons. The van der Waals surface area contributed by atoms with Crippen LogP contribution in [0.3, 0.4) is 0 Å². The molecule has 0 heterocycles. The van der Waals surface area contributed by atoms with Crippen LogP contribution < -0.4 is 0 Å². The lowest BCUT2D eigenvalue weighted by atomic mass is 10.0. The average Bonchev–Trinajstić information content (AvgIpc) is 2.11. The Morgan fingerprint density at radius 3 is 2.29 bits per heavy atom. The number of hydrogen-bond acceptors (Lipinski definition) is 1. The Kier molecular flexibility index (Phi) is 4.41. The molecule has 1 rings (SSSR count). The number of allylic oxidation sites excluding steroid dienone is 1. The summed E-state index contributed by atoms with van der Waals surface area (Å²) in [5.74, 6) is 0. The third-order valence-electron chi connectivity index (χ3n) is 2.15. The van der Waals surface area contributed by atoms with Gasteiger partial charge >= 0.3 is 0 Å². The van der Waals surface area contributed by atoms with Gasteiger partial charge in [0, 0.05) is 0 Å². The number of aliphatic hydroxyl groups is 1. The van der Waals surface area contributed by atoms with Gasteiger partial charge in [-0.05, 0) is 32.3 Å². The van der Waals surface area contributed by atoms with Crippen LogP contribution in [-0.2, 0) is 6.42 Å². The molecule has 0 aliphatic rings. The van der Waals surface area contributed by atoms with Gasteiger partial charge in [-0.15, -0.1) is 0 Å². The summed E-state index contributed by atoms with van der Waals surface area (Å²) >= 11 is 0. The third-order valence-corrected chi connectivity index (χ3v) is 2.15. The number of hydrogen-bond donors (Lipinski definition) is 1. The molecule has 0 bridgehead atoms. The van der Waals surface area contributed by atoms with Gasteiger partial charge in [-0.3, -0.25) is 0 Å². The van der Waals surface area contributed by atoms with E-state index in [9.17, 15) is 0 Å². The second-order valence-corrected chi connectivity index (χ2v) is 3.69. The summed E-state index contributed by atoms with van der Waals surface area (Å²) in [4.78, 5) is 0. The Hall–Kier alpha value is -1.08. The first kappa shape index (κ1) is 11.0. The van der Waals surface area contributed by atoms with Crippen LogP contribution >= 0.6 is 0 Å². The minimum absolute atomic E-state index is 0.146. The van der Waals surface area contributed by atoms with E-state index in [-0.39, 0.29) is 6.61 Å². The van der Waals surface area contributed by atoms with E-state index in [2.05, 4.69) is 32.0 Å². The van der Waals surface area contributed by atoms with Gasteiger partial charge in [0.15, 0.2) is 0 Å². The highest BCUT2D eigenvalue weighted by Crippen LogP contribution is 2.10. The Bertz CT molecular complexity index is 293. The lowest BCUT2D eigenvalue weighted by molar-refractivity contribution is 0.342. The molecule has 1 nitrogen and oxygen atoms in total. The van der Waals surface area contributed by atoms with Gasteiger partial charge in [0.25, 0.3) is 0 Å². The third kappa shape index (κ3) is 3.75. The maximum absolute atomic E-state index is 8.56. The van der Waals surface area contributed by atoms with E-state index in [0.29, 0.717) is 0 Å². The summed E-state index contributed by atoms with van der Waals surface area (Å²) < 4.78 is 0. The van der Waals surface area contributed by atoms with Crippen molar-refractivity contribution >= 4 is 0 Å². The van der Waals surface area contributed by atoms with Gasteiger partial charge in [-0.25, -0.2) is 0 Å². The molecular weight excluding hydrogens is 172 g/mol. The predicted octanol–water partition coefficient (Wildman–Crippen LogP) is 2.78. The van der Waals surface area contributed by atoms with Gasteiger partial charge in [-0.1, -0.05) is 41.5 Å². The highest BCUT2D eigenvalue weighted by Gasteiger charge is 1.94. The molecule has 0 fully saturated rings. The molecule has 1 N–H and O–H groups in total. The highest BCUT2D eigenvalue weighted by molar-refractivity contribution is 5.28. The first-order chi connectivity index (χ1) is 6.72. The van der Waals surface area contributed by atoms with Crippen LogP contribution in [0.2, 0.25) is 0 Å². The molecule has 14 heavy (non-hydrogen) atoms. The number of benzene rings is 1. The molecule has 0 atom stereocenters. The Labute approximate surface area is 86.1 Å². The average molecular weight is 190 g/mol. The lowest BCUT2D eigenvalue weighted by Gasteiger charge is -2.02. The van der Waals surface area contributed by atoms with Crippen molar-refractivity contribution in [2.45, 2.75) is 26.7 Å². The van der Waals surface area contributed by atoms with Gasteiger partial charge in [0.2, 0.25) is 0 Å². The van der Waals surface area contributed by atoms with Crippen LogP contribution in [0.25, 0.3) is 0 Å². The number of aliphatic hydroxyl groups excluding tert-OH is 1. The van der Waals surface area contributed by atoms with Crippen molar-refractivity contribution in [3.63, 3.8) is 0 Å². The van der Waals surface area contributed by atoms with Crippen LogP contribution in [0.15, 0.2) is 30.4 Å². The highest BCUT2D eigenvalue weighted by atomic mass is 16.2. The maximum Gasteiger partial charge on any atom is 0.0612 e. The predicted molar refractivity (Wildman–Crippen MR) is 60.5 cm³/mol. The fourth-order valence-corrected chi connectivity index (χ4v) is 1.66. The van der Waals surface area contributed by atoms with E-state index in [4.69, 9.17) is 5.11 Å². The van der Waals surface area contributed by atoms with Crippen molar-refractivity contribution in [1.82, 2.24) is 0 Å². The molecular formula is C13H18O. The van der Waals surface area contributed by atoms with Gasteiger partial charge in [0.05, 0.1) is 6.61 Å². The normalized spacial score (nSPS) is 11.1. The van der Waals surface area contributed by atoms with Crippen LogP contribution in [0, 0.1) is 13.8 Å². The smallest absolute Gasteiger partial charge is 0.0612 e. The van der Waals surface area contributed by atoms with E-state index in [1.807, 2.05) is 6.08 Å². The largest absolute Gasteiger partial charge is 0.392 e. The zero-order chi connectivity index (χ0) is 10.4. The molecule has 0 spiro atoms. The van der Waals surface area contributed by atoms with Gasteiger partial charge < -0.3 is 5.11 Å². The Morgan fingerprint density at radius 1 is 1.07 bits per heavy atom. The molecule has 1 heteroatoms. The summed E-state index contributed by atoms with van der Waals surface area (Å²) in [6.45, 7) is 4.40. The molecule has 0 aromatic heterocycles. The molecule has 1 aromatic rings. The van der Waals surface area contributed by atoms with Crippen LogP contribution in [-0.4, -0.2) is 11.7 Å². The van der Waals surface area contributed by atoms with Crippen LogP contribution in [0.4, 0.5) is 0 Å². The number of rotatable bonds is 4. The molecule has 0 saturated heterocycles. The zero-order valence-electron chi connectivity index (χ0n) is 8.96. The fourth-order valence-electron chi connectivity index (χ4n) is 1.66. The molecule has 0 saturated carbocycles. The summed E-state index contributed by atoms with van der Waals surface area (Å²) in [5, 5.41) is 8.56. The lowest BCUT2D eigenvalue weighted by Crippen LogP contribution is -1.87. The summed E-state index contributed by atoms with van der Waals surface area (Å²) in [5.41, 5.74) is 4.03. The van der Waals surface area contributed by atoms with Crippen molar-refractivity contribution in [3.8, 4) is 0 Å². The van der Waals surface area contributed by atoms with E-state index in [0.717, 1.165) is 12.8 Å². The van der Waals surface area contributed by atoms with Crippen LogP contribution in [0.5, 0.6) is 0 Å². The van der Waals surface area contributed by atoms with E-state index in [1.165, 1.54) is 16.7 Å². The minimum atomic E-state index is 0.146. The van der Waals surface area contributed by atoms with Gasteiger partial charge in [-0.2, -0.15) is 0 Å². The summed E-state index contributed by atoms with van der Waals surface area (Å²) in [6, 6.07) is 6.63. The molecule has 0 unspecified atom stereocenters.